The number of aromatic hydroxyl groups is 1. The minimum atomic E-state index is 0.105. The molecule has 1 N–H and O–H groups in total. The molecule has 0 spiro atoms. The van der Waals surface area contributed by atoms with E-state index in [2.05, 4.69) is 36.0 Å². The minimum Gasteiger partial charge on any atom is -0.507 e. The predicted molar refractivity (Wildman–Crippen MR) is 70.1 cm³/mol. The maximum Gasteiger partial charge on any atom is 0.258 e. The lowest BCUT2D eigenvalue weighted by Crippen LogP contribution is -1.88. The van der Waals surface area contributed by atoms with Crippen molar-refractivity contribution in [3.05, 3.63) is 41.1 Å². The van der Waals surface area contributed by atoms with Crippen LogP contribution in [0.4, 0.5) is 0 Å². The second-order valence-electron chi connectivity index (χ2n) is 3.66. The molecule has 0 aliphatic carbocycles. The number of halogens is 1. The molecular weight excluding hydrogens is 312 g/mol. The number of benzene rings is 1. The van der Waals surface area contributed by atoms with Gasteiger partial charge >= 0.3 is 0 Å². The molecule has 1 aromatic carbocycles. The van der Waals surface area contributed by atoms with Crippen LogP contribution < -0.4 is 0 Å². The van der Waals surface area contributed by atoms with E-state index >= 15 is 0 Å². The fourth-order valence-electron chi connectivity index (χ4n) is 1.49. The van der Waals surface area contributed by atoms with Crippen LogP contribution in [-0.2, 0) is 0 Å². The number of rotatable bonds is 2. The number of phenols is 1. The van der Waals surface area contributed by atoms with Gasteiger partial charge in [-0.05, 0) is 40.2 Å². The fraction of sp³-hybridized carbons (Fsp3) is 0. The molecule has 2 heterocycles. The second kappa shape index (κ2) is 4.77. The lowest BCUT2D eigenvalue weighted by molar-refractivity contribution is 0.431. The van der Waals surface area contributed by atoms with Crippen LogP contribution in [0.15, 0.2) is 45.7 Å². The number of aromatic nitrogens is 4. The number of nitrogens with zero attached hydrogens (tertiary/aromatic N) is 4. The smallest absolute Gasteiger partial charge is 0.258 e. The van der Waals surface area contributed by atoms with E-state index in [1.165, 1.54) is 6.07 Å². The van der Waals surface area contributed by atoms with Crippen molar-refractivity contribution in [3.63, 3.8) is 0 Å². The monoisotopic (exact) mass is 318 g/mol. The van der Waals surface area contributed by atoms with Gasteiger partial charge in [0.25, 0.3) is 5.89 Å². The fourth-order valence-corrected chi connectivity index (χ4v) is 1.74. The Balaban J connectivity index is 1.99. The molecule has 3 aromatic rings. The van der Waals surface area contributed by atoms with Gasteiger partial charge in [0.2, 0.25) is 11.6 Å². The first-order valence-electron chi connectivity index (χ1n) is 5.34. The number of hydrogen-bond acceptors (Lipinski definition) is 6. The van der Waals surface area contributed by atoms with E-state index < -0.39 is 0 Å². The van der Waals surface area contributed by atoms with Crippen LogP contribution in [0, 0.1) is 0 Å². The van der Waals surface area contributed by atoms with Gasteiger partial charge in [0.1, 0.15) is 5.75 Å². The molecule has 0 fully saturated rings. The summed E-state index contributed by atoms with van der Waals surface area (Å²) in [5.74, 6) is 1.09. The highest BCUT2D eigenvalue weighted by molar-refractivity contribution is 9.10. The third kappa shape index (κ3) is 2.32. The molecule has 0 bridgehead atoms. The van der Waals surface area contributed by atoms with E-state index in [1.54, 1.807) is 30.6 Å². The summed E-state index contributed by atoms with van der Waals surface area (Å²) in [5, 5.41) is 13.4. The molecule has 0 saturated carbocycles. The van der Waals surface area contributed by atoms with Crippen molar-refractivity contribution in [2.75, 3.05) is 0 Å². The van der Waals surface area contributed by atoms with Crippen LogP contribution in [0.3, 0.4) is 0 Å². The zero-order valence-electron chi connectivity index (χ0n) is 9.49. The van der Waals surface area contributed by atoms with Crippen molar-refractivity contribution in [1.82, 2.24) is 20.1 Å². The largest absolute Gasteiger partial charge is 0.507 e. The van der Waals surface area contributed by atoms with Crippen LogP contribution in [0.1, 0.15) is 0 Å². The molecule has 94 valence electrons. The van der Waals surface area contributed by atoms with Crippen LogP contribution in [0.2, 0.25) is 0 Å². The molecule has 19 heavy (non-hydrogen) atoms. The summed E-state index contributed by atoms with van der Waals surface area (Å²) in [6.45, 7) is 0. The van der Waals surface area contributed by atoms with Gasteiger partial charge in [0.05, 0.1) is 4.47 Å². The third-order valence-corrected chi connectivity index (χ3v) is 3.06. The van der Waals surface area contributed by atoms with Crippen molar-refractivity contribution in [2.24, 2.45) is 0 Å². The van der Waals surface area contributed by atoms with E-state index in [1.807, 2.05) is 0 Å². The van der Waals surface area contributed by atoms with E-state index in [0.717, 1.165) is 0 Å². The van der Waals surface area contributed by atoms with Crippen LogP contribution >= 0.6 is 15.9 Å². The van der Waals surface area contributed by atoms with Crippen LogP contribution in [0.5, 0.6) is 5.75 Å². The maximum absolute atomic E-state index is 9.62. The van der Waals surface area contributed by atoms with Crippen molar-refractivity contribution >= 4 is 15.9 Å². The molecule has 3 rings (SSSR count). The quantitative estimate of drug-likeness (QED) is 0.781. The second-order valence-corrected chi connectivity index (χ2v) is 4.52. The molecular formula is C12H7BrN4O2. The Hall–Kier alpha value is -2.28. The highest BCUT2D eigenvalue weighted by Crippen LogP contribution is 2.29. The number of hydrogen-bond donors (Lipinski definition) is 1. The normalized spacial score (nSPS) is 10.6. The van der Waals surface area contributed by atoms with Gasteiger partial charge in [-0.15, -0.1) is 0 Å². The van der Waals surface area contributed by atoms with Crippen LogP contribution in [-0.4, -0.2) is 25.2 Å². The summed E-state index contributed by atoms with van der Waals surface area (Å²) in [6, 6.07) is 6.70. The standard InChI is InChI=1S/C12H7BrN4O2/c13-8-3-2-7(6-9(8)18)12-16-11(17-19-12)10-14-4-1-5-15-10/h1-6,18H. The summed E-state index contributed by atoms with van der Waals surface area (Å²) in [6.07, 6.45) is 3.20. The van der Waals surface area contributed by atoms with Gasteiger partial charge in [-0.2, -0.15) is 4.98 Å². The third-order valence-electron chi connectivity index (χ3n) is 2.38. The van der Waals surface area contributed by atoms with E-state index in [-0.39, 0.29) is 5.75 Å². The van der Waals surface area contributed by atoms with Gasteiger partial charge in [-0.25, -0.2) is 9.97 Å². The van der Waals surface area contributed by atoms with E-state index in [9.17, 15) is 5.11 Å². The van der Waals surface area contributed by atoms with Gasteiger partial charge in [-0.1, -0.05) is 5.16 Å². The van der Waals surface area contributed by atoms with Gasteiger partial charge in [0.15, 0.2) is 0 Å². The summed E-state index contributed by atoms with van der Waals surface area (Å²) in [4.78, 5) is 12.3. The molecule has 0 saturated heterocycles. The molecule has 0 aliphatic heterocycles. The lowest BCUT2D eigenvalue weighted by Gasteiger charge is -1.97. The lowest BCUT2D eigenvalue weighted by atomic mass is 10.2. The van der Waals surface area contributed by atoms with Crippen molar-refractivity contribution in [1.29, 1.82) is 0 Å². The highest BCUT2D eigenvalue weighted by atomic mass is 79.9. The Labute approximate surface area is 116 Å². The van der Waals surface area contributed by atoms with E-state index in [4.69, 9.17) is 4.52 Å². The van der Waals surface area contributed by atoms with Crippen LogP contribution in [0.25, 0.3) is 23.1 Å². The predicted octanol–water partition coefficient (Wildman–Crippen LogP) is 2.66. The first-order chi connectivity index (χ1) is 9.24. The molecule has 0 amide bonds. The van der Waals surface area contributed by atoms with Crippen molar-refractivity contribution in [3.8, 4) is 28.9 Å². The SMILES string of the molecule is Oc1cc(-c2nc(-c3ncccn3)no2)ccc1Br. The van der Waals surface area contributed by atoms with Gasteiger partial charge < -0.3 is 9.63 Å². The zero-order chi connectivity index (χ0) is 13.2. The van der Waals surface area contributed by atoms with Crippen molar-refractivity contribution in [2.45, 2.75) is 0 Å². The molecule has 6 nitrogen and oxygen atoms in total. The Bertz CT molecular complexity index is 715. The summed E-state index contributed by atoms with van der Waals surface area (Å²) < 4.78 is 5.73. The van der Waals surface area contributed by atoms with Gasteiger partial charge in [0, 0.05) is 18.0 Å². The average molecular weight is 319 g/mol. The summed E-state index contributed by atoms with van der Waals surface area (Å²) in [7, 11) is 0. The minimum absolute atomic E-state index is 0.105. The maximum atomic E-state index is 9.62. The first kappa shape index (κ1) is 11.8. The van der Waals surface area contributed by atoms with E-state index in [0.29, 0.717) is 27.6 Å². The average Bonchev–Trinajstić information content (AvgIpc) is 2.93. The molecule has 0 atom stereocenters. The van der Waals surface area contributed by atoms with Gasteiger partial charge in [-0.3, -0.25) is 0 Å². The Kier molecular flexibility index (Phi) is 2.96. The first-order valence-corrected chi connectivity index (χ1v) is 6.13. The summed E-state index contributed by atoms with van der Waals surface area (Å²) >= 11 is 3.21. The topological polar surface area (TPSA) is 84.9 Å². The highest BCUT2D eigenvalue weighted by Gasteiger charge is 2.13. The Morgan fingerprint density at radius 1 is 1.11 bits per heavy atom. The molecule has 7 heteroatoms. The summed E-state index contributed by atoms with van der Waals surface area (Å²) in [5.41, 5.74) is 0.621. The Morgan fingerprint density at radius 2 is 1.89 bits per heavy atom. The molecule has 0 unspecified atom stereocenters. The molecule has 0 aliphatic rings. The Morgan fingerprint density at radius 3 is 2.63 bits per heavy atom. The zero-order valence-corrected chi connectivity index (χ0v) is 11.1. The molecule has 2 aromatic heterocycles. The molecule has 0 radical (unpaired) electrons. The van der Waals surface area contributed by atoms with Crippen molar-refractivity contribution < 1.29 is 9.63 Å². The number of phenolic OH excluding ortho intramolecular Hbond substituents is 1.